The van der Waals surface area contributed by atoms with Crippen LogP contribution >= 0.6 is 0 Å². The Balaban J connectivity index is 2.66. The highest BCUT2D eigenvalue weighted by Crippen LogP contribution is 2.13. The quantitative estimate of drug-likeness (QED) is 0.657. The van der Waals surface area contributed by atoms with Gasteiger partial charge in [0.15, 0.2) is 0 Å². The molecule has 1 aromatic heterocycles. The summed E-state index contributed by atoms with van der Waals surface area (Å²) < 4.78 is 13.0. The molecule has 0 saturated heterocycles. The molecule has 0 aliphatic heterocycles. The second kappa shape index (κ2) is 7.20. The molecule has 1 aromatic rings. The number of hydrogen-bond donors (Lipinski definition) is 0. The number of anilines is 1. The summed E-state index contributed by atoms with van der Waals surface area (Å²) in [4.78, 5) is 6.12. The first kappa shape index (κ1) is 12.9. The van der Waals surface area contributed by atoms with Gasteiger partial charge in [-0.05, 0) is 25.0 Å². The Labute approximate surface area is 97.5 Å². The van der Waals surface area contributed by atoms with Gasteiger partial charge in [0.2, 0.25) is 5.95 Å². The Hall–Kier alpha value is -1.12. The summed E-state index contributed by atoms with van der Waals surface area (Å²) in [6, 6.07) is 5.00. The second-order valence-electron chi connectivity index (χ2n) is 4.01. The third-order valence-electron chi connectivity index (χ3n) is 2.59. The van der Waals surface area contributed by atoms with Gasteiger partial charge in [0.25, 0.3) is 0 Å². The van der Waals surface area contributed by atoms with Crippen LogP contribution in [0.3, 0.4) is 0 Å². The van der Waals surface area contributed by atoms with Crippen molar-refractivity contribution in [2.24, 2.45) is 0 Å². The molecule has 0 aliphatic carbocycles. The lowest BCUT2D eigenvalue weighted by Crippen LogP contribution is -2.26. The molecular weight excluding hydrogens is 203 g/mol. The third kappa shape index (κ3) is 4.17. The van der Waals surface area contributed by atoms with Crippen LogP contribution < -0.4 is 4.90 Å². The first-order chi connectivity index (χ1) is 7.77. The molecular formula is C13H21FN2. The van der Waals surface area contributed by atoms with Crippen molar-refractivity contribution in [1.29, 1.82) is 0 Å². The van der Waals surface area contributed by atoms with Gasteiger partial charge in [-0.2, -0.15) is 4.39 Å². The van der Waals surface area contributed by atoms with Gasteiger partial charge in [-0.25, -0.2) is 4.98 Å². The fraction of sp³-hybridized carbons (Fsp3) is 0.615. The van der Waals surface area contributed by atoms with Crippen LogP contribution in [0.4, 0.5) is 10.2 Å². The summed E-state index contributed by atoms with van der Waals surface area (Å²) in [7, 11) is 0. The zero-order chi connectivity index (χ0) is 11.8. The Morgan fingerprint density at radius 3 is 2.25 bits per heavy atom. The van der Waals surface area contributed by atoms with Crippen LogP contribution in [-0.4, -0.2) is 18.1 Å². The maximum Gasteiger partial charge on any atom is 0.214 e. The molecule has 1 rings (SSSR count). The van der Waals surface area contributed by atoms with E-state index in [1.165, 1.54) is 6.07 Å². The van der Waals surface area contributed by atoms with Crippen molar-refractivity contribution in [2.45, 2.75) is 39.5 Å². The Morgan fingerprint density at radius 2 is 1.75 bits per heavy atom. The van der Waals surface area contributed by atoms with E-state index in [0.717, 1.165) is 44.6 Å². The number of aromatic nitrogens is 1. The van der Waals surface area contributed by atoms with Crippen molar-refractivity contribution < 1.29 is 4.39 Å². The van der Waals surface area contributed by atoms with Gasteiger partial charge in [-0.3, -0.25) is 0 Å². The topological polar surface area (TPSA) is 16.1 Å². The van der Waals surface area contributed by atoms with Crippen molar-refractivity contribution in [3.8, 4) is 0 Å². The van der Waals surface area contributed by atoms with Gasteiger partial charge in [-0.15, -0.1) is 0 Å². The molecule has 0 saturated carbocycles. The minimum absolute atomic E-state index is 0.393. The highest BCUT2D eigenvalue weighted by Gasteiger charge is 2.07. The van der Waals surface area contributed by atoms with Gasteiger partial charge < -0.3 is 4.90 Å². The number of unbranched alkanes of at least 4 members (excludes halogenated alkanes) is 2. The van der Waals surface area contributed by atoms with Crippen LogP contribution in [0.25, 0.3) is 0 Å². The average molecular weight is 224 g/mol. The fourth-order valence-electron chi connectivity index (χ4n) is 1.61. The molecule has 3 heteroatoms. The standard InChI is InChI=1S/C13H21FN2/c1-3-5-10-16(11-6-4-2)13-9-7-8-12(14)15-13/h7-9H,3-6,10-11H2,1-2H3. The van der Waals surface area contributed by atoms with Gasteiger partial charge in [0, 0.05) is 13.1 Å². The smallest absolute Gasteiger partial charge is 0.214 e. The average Bonchev–Trinajstić information content (AvgIpc) is 2.29. The van der Waals surface area contributed by atoms with Crippen LogP contribution in [0.15, 0.2) is 18.2 Å². The molecule has 0 unspecified atom stereocenters. The molecule has 0 radical (unpaired) electrons. The lowest BCUT2D eigenvalue weighted by atomic mass is 10.2. The summed E-state index contributed by atoms with van der Waals surface area (Å²) in [6.07, 6.45) is 4.56. The monoisotopic (exact) mass is 224 g/mol. The largest absolute Gasteiger partial charge is 0.357 e. The van der Waals surface area contributed by atoms with E-state index in [1.807, 2.05) is 6.07 Å². The van der Waals surface area contributed by atoms with Gasteiger partial charge >= 0.3 is 0 Å². The molecule has 0 spiro atoms. The summed E-state index contributed by atoms with van der Waals surface area (Å²) in [5.41, 5.74) is 0. The zero-order valence-corrected chi connectivity index (χ0v) is 10.2. The van der Waals surface area contributed by atoms with E-state index < -0.39 is 5.95 Å². The van der Waals surface area contributed by atoms with Crippen LogP contribution in [0, 0.1) is 5.95 Å². The lowest BCUT2D eigenvalue weighted by molar-refractivity contribution is 0.577. The van der Waals surface area contributed by atoms with Crippen molar-refractivity contribution in [2.75, 3.05) is 18.0 Å². The third-order valence-corrected chi connectivity index (χ3v) is 2.59. The van der Waals surface area contributed by atoms with E-state index in [9.17, 15) is 4.39 Å². The number of halogens is 1. The van der Waals surface area contributed by atoms with E-state index in [4.69, 9.17) is 0 Å². The summed E-state index contributed by atoms with van der Waals surface area (Å²) in [6.45, 7) is 6.26. The van der Waals surface area contributed by atoms with E-state index >= 15 is 0 Å². The molecule has 2 nitrogen and oxygen atoms in total. The summed E-state index contributed by atoms with van der Waals surface area (Å²) in [5, 5.41) is 0. The van der Waals surface area contributed by atoms with Crippen molar-refractivity contribution >= 4 is 5.82 Å². The predicted molar refractivity (Wildman–Crippen MR) is 66.2 cm³/mol. The van der Waals surface area contributed by atoms with Crippen LogP contribution in [0.1, 0.15) is 39.5 Å². The fourth-order valence-corrected chi connectivity index (χ4v) is 1.61. The van der Waals surface area contributed by atoms with Crippen molar-refractivity contribution in [3.63, 3.8) is 0 Å². The maximum absolute atomic E-state index is 13.0. The number of rotatable bonds is 7. The normalized spacial score (nSPS) is 10.4. The van der Waals surface area contributed by atoms with Crippen LogP contribution in [0.5, 0.6) is 0 Å². The minimum Gasteiger partial charge on any atom is -0.357 e. The van der Waals surface area contributed by atoms with E-state index in [-0.39, 0.29) is 0 Å². The van der Waals surface area contributed by atoms with Crippen molar-refractivity contribution in [3.05, 3.63) is 24.1 Å². The molecule has 90 valence electrons. The van der Waals surface area contributed by atoms with E-state index in [2.05, 4.69) is 23.7 Å². The first-order valence-electron chi connectivity index (χ1n) is 6.15. The molecule has 0 N–H and O–H groups in total. The highest BCUT2D eigenvalue weighted by atomic mass is 19.1. The second-order valence-corrected chi connectivity index (χ2v) is 4.01. The first-order valence-corrected chi connectivity index (χ1v) is 6.15. The molecule has 0 aliphatic rings. The van der Waals surface area contributed by atoms with Crippen LogP contribution in [0.2, 0.25) is 0 Å². The Kier molecular flexibility index (Phi) is 5.83. The molecule has 16 heavy (non-hydrogen) atoms. The van der Waals surface area contributed by atoms with E-state index in [0.29, 0.717) is 0 Å². The Bertz CT molecular complexity index is 294. The molecule has 0 atom stereocenters. The van der Waals surface area contributed by atoms with Crippen LogP contribution in [-0.2, 0) is 0 Å². The van der Waals surface area contributed by atoms with Gasteiger partial charge in [0.05, 0.1) is 0 Å². The highest BCUT2D eigenvalue weighted by molar-refractivity contribution is 5.37. The number of pyridine rings is 1. The molecule has 1 heterocycles. The van der Waals surface area contributed by atoms with Gasteiger partial charge in [0.1, 0.15) is 5.82 Å². The SMILES string of the molecule is CCCCN(CCCC)c1cccc(F)n1. The summed E-state index contributed by atoms with van der Waals surface area (Å²) >= 11 is 0. The number of hydrogen-bond acceptors (Lipinski definition) is 2. The number of nitrogens with zero attached hydrogens (tertiary/aromatic N) is 2. The summed E-state index contributed by atoms with van der Waals surface area (Å²) in [5.74, 6) is 0.373. The Morgan fingerprint density at radius 1 is 1.12 bits per heavy atom. The molecule has 0 bridgehead atoms. The van der Waals surface area contributed by atoms with Gasteiger partial charge in [-0.1, -0.05) is 32.8 Å². The maximum atomic E-state index is 13.0. The van der Waals surface area contributed by atoms with Crippen molar-refractivity contribution in [1.82, 2.24) is 4.98 Å². The zero-order valence-electron chi connectivity index (χ0n) is 10.2. The molecule has 0 amide bonds. The molecule has 0 fully saturated rings. The lowest BCUT2D eigenvalue weighted by Gasteiger charge is -2.23. The van der Waals surface area contributed by atoms with E-state index in [1.54, 1.807) is 6.07 Å². The molecule has 0 aromatic carbocycles. The minimum atomic E-state index is -0.393. The predicted octanol–water partition coefficient (Wildman–Crippen LogP) is 3.63.